The first-order chi connectivity index (χ1) is 9.65. The number of hydrogen-bond acceptors (Lipinski definition) is 3. The van der Waals surface area contributed by atoms with Gasteiger partial charge < -0.3 is 9.15 Å². The van der Waals surface area contributed by atoms with E-state index in [4.69, 9.17) is 9.15 Å². The predicted molar refractivity (Wildman–Crippen MR) is 78.1 cm³/mol. The van der Waals surface area contributed by atoms with Crippen LogP contribution < -0.4 is 10.4 Å². The minimum absolute atomic E-state index is 0.219. The molecule has 0 N–H and O–H groups in total. The molecule has 1 aromatic carbocycles. The van der Waals surface area contributed by atoms with Crippen LogP contribution in [0.3, 0.4) is 0 Å². The maximum atomic E-state index is 11.7. The van der Waals surface area contributed by atoms with Crippen LogP contribution in [0.15, 0.2) is 33.0 Å². The summed E-state index contributed by atoms with van der Waals surface area (Å²) >= 11 is 0. The summed E-state index contributed by atoms with van der Waals surface area (Å²) in [5.74, 6) is 0.847. The molecule has 1 aromatic heterocycles. The fraction of sp³-hybridized carbons (Fsp3) is 0.353. The Morgan fingerprint density at radius 2 is 2.10 bits per heavy atom. The van der Waals surface area contributed by atoms with Crippen molar-refractivity contribution < 1.29 is 9.15 Å². The zero-order valence-electron chi connectivity index (χ0n) is 11.7. The largest absolute Gasteiger partial charge is 0.485 e. The Balaban J connectivity index is 2.11. The summed E-state index contributed by atoms with van der Waals surface area (Å²) in [5, 5.41) is 0.989. The van der Waals surface area contributed by atoms with Crippen LogP contribution in [0.2, 0.25) is 0 Å². The Morgan fingerprint density at radius 3 is 2.95 bits per heavy atom. The van der Waals surface area contributed by atoms with Gasteiger partial charge in [-0.1, -0.05) is 0 Å². The number of fused-ring (bicyclic) bond motifs is 4. The van der Waals surface area contributed by atoms with E-state index in [1.54, 1.807) is 6.07 Å². The second-order valence-electron chi connectivity index (χ2n) is 5.71. The van der Waals surface area contributed by atoms with Gasteiger partial charge in [-0.3, -0.25) is 0 Å². The van der Waals surface area contributed by atoms with E-state index in [2.05, 4.69) is 6.92 Å². The first-order valence-corrected chi connectivity index (χ1v) is 7.09. The molecule has 2 aliphatic rings. The zero-order chi connectivity index (χ0) is 13.9. The third kappa shape index (κ3) is 1.49. The van der Waals surface area contributed by atoms with E-state index in [-0.39, 0.29) is 11.7 Å². The van der Waals surface area contributed by atoms with Crippen LogP contribution in [0, 0.1) is 6.92 Å². The van der Waals surface area contributed by atoms with Crippen molar-refractivity contribution in [1.82, 2.24) is 0 Å². The van der Waals surface area contributed by atoms with Gasteiger partial charge >= 0.3 is 5.63 Å². The van der Waals surface area contributed by atoms with Crippen LogP contribution in [-0.2, 0) is 0 Å². The molecule has 3 nitrogen and oxygen atoms in total. The van der Waals surface area contributed by atoms with Gasteiger partial charge in [-0.2, -0.15) is 0 Å². The van der Waals surface area contributed by atoms with Crippen molar-refractivity contribution in [3.05, 3.63) is 45.3 Å². The molecule has 1 aliphatic heterocycles. The minimum Gasteiger partial charge on any atom is -0.485 e. The van der Waals surface area contributed by atoms with Crippen molar-refractivity contribution in [2.24, 2.45) is 0 Å². The molecule has 1 aliphatic carbocycles. The van der Waals surface area contributed by atoms with Crippen LogP contribution in [0.4, 0.5) is 0 Å². The van der Waals surface area contributed by atoms with E-state index in [1.807, 2.05) is 19.1 Å². The van der Waals surface area contributed by atoms with Crippen molar-refractivity contribution in [2.75, 3.05) is 0 Å². The molecule has 0 spiro atoms. The van der Waals surface area contributed by atoms with Gasteiger partial charge in [0.2, 0.25) is 0 Å². The average molecular weight is 268 g/mol. The van der Waals surface area contributed by atoms with Gasteiger partial charge in [0.1, 0.15) is 17.4 Å². The van der Waals surface area contributed by atoms with Crippen molar-refractivity contribution in [3.63, 3.8) is 0 Å². The lowest BCUT2D eigenvalue weighted by Crippen LogP contribution is -2.20. The van der Waals surface area contributed by atoms with Crippen LogP contribution in [-0.4, -0.2) is 6.10 Å². The SMILES string of the molecule is CC1=C2CCCC2Oc2ccc3c(C)cc(=O)oc3c21. The maximum absolute atomic E-state index is 11.7. The van der Waals surface area contributed by atoms with Gasteiger partial charge in [0.25, 0.3) is 0 Å². The van der Waals surface area contributed by atoms with Crippen molar-refractivity contribution in [2.45, 2.75) is 39.2 Å². The lowest BCUT2D eigenvalue weighted by molar-refractivity contribution is 0.239. The Morgan fingerprint density at radius 1 is 1.25 bits per heavy atom. The van der Waals surface area contributed by atoms with Crippen LogP contribution >= 0.6 is 0 Å². The fourth-order valence-corrected chi connectivity index (χ4v) is 3.51. The molecule has 20 heavy (non-hydrogen) atoms. The molecular formula is C17H16O3. The molecule has 2 heterocycles. The number of aryl methyl sites for hydroxylation is 1. The quantitative estimate of drug-likeness (QED) is 0.682. The summed E-state index contributed by atoms with van der Waals surface area (Å²) in [6, 6.07) is 5.53. The van der Waals surface area contributed by atoms with Crippen LogP contribution in [0.1, 0.15) is 37.3 Å². The summed E-state index contributed by atoms with van der Waals surface area (Å²) in [7, 11) is 0. The van der Waals surface area contributed by atoms with Crippen molar-refractivity contribution in [1.29, 1.82) is 0 Å². The molecular weight excluding hydrogens is 252 g/mol. The van der Waals surface area contributed by atoms with Gasteiger partial charge in [-0.15, -0.1) is 0 Å². The van der Waals surface area contributed by atoms with E-state index in [0.29, 0.717) is 5.58 Å². The third-order valence-electron chi connectivity index (χ3n) is 4.51. The summed E-state index contributed by atoms with van der Waals surface area (Å²) in [6.45, 7) is 4.06. The van der Waals surface area contributed by atoms with Gasteiger partial charge in [0.15, 0.2) is 0 Å². The molecule has 1 atom stereocenters. The van der Waals surface area contributed by atoms with E-state index in [0.717, 1.165) is 35.1 Å². The standard InChI is InChI=1S/C17H16O3/c1-9-8-15(18)20-17-11(9)6-7-14-16(17)10(2)12-4-3-5-13(12)19-14/h6-8,13H,3-5H2,1-2H3. The monoisotopic (exact) mass is 268 g/mol. The van der Waals surface area contributed by atoms with E-state index >= 15 is 0 Å². The van der Waals surface area contributed by atoms with E-state index in [1.165, 1.54) is 17.6 Å². The Kier molecular flexibility index (Phi) is 2.34. The Bertz CT molecular complexity index is 811. The molecule has 1 saturated carbocycles. The number of ether oxygens (including phenoxy) is 1. The molecule has 2 aromatic rings. The Labute approximate surface area is 116 Å². The van der Waals surface area contributed by atoms with Crippen molar-refractivity contribution >= 4 is 16.5 Å². The number of hydrogen-bond donors (Lipinski definition) is 0. The van der Waals surface area contributed by atoms with Crippen LogP contribution in [0.25, 0.3) is 16.5 Å². The second-order valence-corrected chi connectivity index (χ2v) is 5.71. The van der Waals surface area contributed by atoms with E-state index in [9.17, 15) is 4.79 Å². The minimum atomic E-state index is -0.297. The second kappa shape index (κ2) is 3.98. The molecule has 1 unspecified atom stereocenters. The highest BCUT2D eigenvalue weighted by Gasteiger charge is 2.32. The van der Waals surface area contributed by atoms with Gasteiger partial charge in [-0.25, -0.2) is 4.79 Å². The smallest absolute Gasteiger partial charge is 0.336 e. The van der Waals surface area contributed by atoms with Crippen molar-refractivity contribution in [3.8, 4) is 5.75 Å². The van der Waals surface area contributed by atoms with Gasteiger partial charge in [0, 0.05) is 11.5 Å². The fourth-order valence-electron chi connectivity index (χ4n) is 3.51. The first kappa shape index (κ1) is 11.8. The zero-order valence-corrected chi connectivity index (χ0v) is 11.7. The topological polar surface area (TPSA) is 39.4 Å². The average Bonchev–Trinajstić information content (AvgIpc) is 2.86. The summed E-state index contributed by atoms with van der Waals surface area (Å²) in [4.78, 5) is 11.7. The normalized spacial score (nSPS) is 20.8. The maximum Gasteiger partial charge on any atom is 0.336 e. The summed E-state index contributed by atoms with van der Waals surface area (Å²) in [5.41, 5.74) is 4.89. The lowest BCUT2D eigenvalue weighted by Gasteiger charge is -2.26. The van der Waals surface area contributed by atoms with Gasteiger partial charge in [0.05, 0.1) is 5.56 Å². The predicted octanol–water partition coefficient (Wildman–Crippen LogP) is 3.82. The Hall–Kier alpha value is -2.03. The third-order valence-corrected chi connectivity index (χ3v) is 4.51. The summed E-state index contributed by atoms with van der Waals surface area (Å²) in [6.07, 6.45) is 3.56. The molecule has 0 amide bonds. The highest BCUT2D eigenvalue weighted by molar-refractivity contribution is 5.95. The first-order valence-electron chi connectivity index (χ1n) is 7.09. The molecule has 0 saturated heterocycles. The van der Waals surface area contributed by atoms with E-state index < -0.39 is 0 Å². The highest BCUT2D eigenvalue weighted by atomic mass is 16.5. The number of allylic oxidation sites excluding steroid dienone is 1. The summed E-state index contributed by atoms with van der Waals surface area (Å²) < 4.78 is 11.6. The van der Waals surface area contributed by atoms with Gasteiger partial charge in [-0.05, 0) is 62.0 Å². The molecule has 4 rings (SSSR count). The molecule has 1 fully saturated rings. The molecule has 3 heteroatoms. The molecule has 0 radical (unpaired) electrons. The van der Waals surface area contributed by atoms with Crippen LogP contribution in [0.5, 0.6) is 5.75 Å². The molecule has 0 bridgehead atoms. The number of benzene rings is 1. The lowest BCUT2D eigenvalue weighted by atomic mass is 9.93. The number of rotatable bonds is 0. The highest BCUT2D eigenvalue weighted by Crippen LogP contribution is 2.45. The molecule has 102 valence electrons.